The van der Waals surface area contributed by atoms with E-state index in [1.54, 1.807) is 0 Å². The summed E-state index contributed by atoms with van der Waals surface area (Å²) >= 11 is 0. The van der Waals surface area contributed by atoms with Crippen molar-refractivity contribution >= 4 is 5.69 Å². The molecule has 1 aromatic rings. The second kappa shape index (κ2) is 6.83. The largest absolute Gasteiger partial charge is 0.365 e. The zero-order valence-electron chi connectivity index (χ0n) is 13.6. The van der Waals surface area contributed by atoms with E-state index in [9.17, 15) is 0 Å². The van der Waals surface area contributed by atoms with Crippen molar-refractivity contribution in [3.05, 3.63) is 29.8 Å². The van der Waals surface area contributed by atoms with E-state index in [-0.39, 0.29) is 0 Å². The summed E-state index contributed by atoms with van der Waals surface area (Å²) in [7, 11) is 0. The minimum atomic E-state index is 0.741. The molecule has 0 spiro atoms. The maximum absolute atomic E-state index is 3.77. The van der Waals surface area contributed by atoms with Gasteiger partial charge >= 0.3 is 0 Å². The Bertz CT molecular complexity index is 443. The lowest BCUT2D eigenvalue weighted by molar-refractivity contribution is 0.245. The van der Waals surface area contributed by atoms with Gasteiger partial charge in [0.1, 0.15) is 0 Å². The van der Waals surface area contributed by atoms with Crippen LogP contribution in [0, 0.1) is 0 Å². The molecule has 1 aromatic carbocycles. The van der Waals surface area contributed by atoms with Gasteiger partial charge in [0, 0.05) is 23.8 Å². The van der Waals surface area contributed by atoms with E-state index in [1.807, 2.05) is 0 Å². The van der Waals surface area contributed by atoms with Crippen LogP contribution in [0.1, 0.15) is 57.9 Å². The van der Waals surface area contributed by atoms with Gasteiger partial charge in [-0.1, -0.05) is 32.0 Å². The lowest BCUT2D eigenvalue weighted by Crippen LogP contribution is -2.56. The molecule has 2 heterocycles. The van der Waals surface area contributed by atoms with Crippen molar-refractivity contribution in [3.63, 3.8) is 0 Å². The number of hydrogen-bond donors (Lipinski definition) is 1. The van der Waals surface area contributed by atoms with E-state index in [1.165, 1.54) is 56.3 Å². The van der Waals surface area contributed by atoms with Gasteiger partial charge in [-0.15, -0.1) is 0 Å². The smallest absolute Gasteiger partial charge is 0.0403 e. The third-order valence-corrected chi connectivity index (χ3v) is 5.31. The van der Waals surface area contributed by atoms with Crippen LogP contribution in [0.2, 0.25) is 0 Å². The van der Waals surface area contributed by atoms with Crippen molar-refractivity contribution in [2.24, 2.45) is 0 Å². The van der Waals surface area contributed by atoms with Crippen molar-refractivity contribution in [3.8, 4) is 0 Å². The van der Waals surface area contributed by atoms with Crippen LogP contribution in [0.25, 0.3) is 0 Å². The average Bonchev–Trinajstić information content (AvgIpc) is 2.52. The number of anilines is 1. The van der Waals surface area contributed by atoms with Gasteiger partial charge in [0.2, 0.25) is 0 Å². The lowest BCUT2D eigenvalue weighted by atomic mass is 9.81. The average molecular weight is 286 g/mol. The molecule has 116 valence electrons. The highest BCUT2D eigenvalue weighted by Crippen LogP contribution is 2.39. The van der Waals surface area contributed by atoms with Gasteiger partial charge in [-0.25, -0.2) is 0 Å². The van der Waals surface area contributed by atoms with E-state index in [2.05, 4.69) is 48.3 Å². The minimum absolute atomic E-state index is 0.741. The van der Waals surface area contributed by atoms with Gasteiger partial charge in [-0.3, -0.25) is 0 Å². The predicted molar refractivity (Wildman–Crippen MR) is 91.0 cm³/mol. The Labute approximate surface area is 129 Å². The van der Waals surface area contributed by atoms with Gasteiger partial charge in [0.05, 0.1) is 0 Å². The number of para-hydroxylation sites is 1. The van der Waals surface area contributed by atoms with Crippen LogP contribution in [0.5, 0.6) is 0 Å². The predicted octanol–water partition coefficient (Wildman–Crippen LogP) is 4.14. The summed E-state index contributed by atoms with van der Waals surface area (Å²) in [5, 5.41) is 3.77. The van der Waals surface area contributed by atoms with Crippen LogP contribution >= 0.6 is 0 Å². The molecule has 2 aliphatic heterocycles. The molecule has 2 bridgehead atoms. The Morgan fingerprint density at radius 2 is 1.81 bits per heavy atom. The summed E-state index contributed by atoms with van der Waals surface area (Å²) in [4.78, 5) is 2.78. The third kappa shape index (κ3) is 3.11. The van der Waals surface area contributed by atoms with Crippen molar-refractivity contribution in [1.82, 2.24) is 5.32 Å². The van der Waals surface area contributed by atoms with E-state index in [0.717, 1.165) is 24.5 Å². The fourth-order valence-electron chi connectivity index (χ4n) is 4.35. The lowest BCUT2D eigenvalue weighted by Gasteiger charge is -2.51. The van der Waals surface area contributed by atoms with Gasteiger partial charge in [-0.05, 0) is 63.1 Å². The highest BCUT2D eigenvalue weighted by atomic mass is 15.2. The van der Waals surface area contributed by atoms with Gasteiger partial charge < -0.3 is 10.2 Å². The monoisotopic (exact) mass is 286 g/mol. The second-order valence-electron chi connectivity index (χ2n) is 6.75. The molecular weight excluding hydrogens is 256 g/mol. The molecule has 2 aliphatic rings. The molecular formula is C19H30N2. The Balaban J connectivity index is 1.80. The molecule has 21 heavy (non-hydrogen) atoms. The molecule has 0 saturated carbocycles. The number of rotatable bonds is 5. The van der Waals surface area contributed by atoms with Gasteiger partial charge in [-0.2, -0.15) is 0 Å². The van der Waals surface area contributed by atoms with Crippen LogP contribution in [0.4, 0.5) is 5.69 Å². The normalized spacial score (nSPS) is 28.7. The number of fused-ring (bicyclic) bond motifs is 2. The molecule has 0 aromatic heterocycles. The highest BCUT2D eigenvalue weighted by Gasteiger charge is 2.38. The van der Waals surface area contributed by atoms with Crippen LogP contribution in [-0.2, 0) is 6.42 Å². The second-order valence-corrected chi connectivity index (χ2v) is 6.75. The molecule has 0 aliphatic carbocycles. The number of hydrogen-bond acceptors (Lipinski definition) is 2. The number of aryl methyl sites for hydroxylation is 1. The standard InChI is InChI=1S/C19H30N2/c1-3-12-20-16-13-17-9-7-10-18(14-16)21(17)19-11-6-5-8-15(19)4-2/h5-6,8,11,16-18,20H,3-4,7,9-10,12-14H2,1-2H3. The first-order valence-corrected chi connectivity index (χ1v) is 8.93. The summed E-state index contributed by atoms with van der Waals surface area (Å²) in [5.74, 6) is 0. The summed E-state index contributed by atoms with van der Waals surface area (Å²) in [6.45, 7) is 5.72. The van der Waals surface area contributed by atoms with Crippen LogP contribution in [0.3, 0.4) is 0 Å². The maximum Gasteiger partial charge on any atom is 0.0403 e. The van der Waals surface area contributed by atoms with E-state index < -0.39 is 0 Å². The topological polar surface area (TPSA) is 15.3 Å². The molecule has 0 radical (unpaired) electrons. The SMILES string of the molecule is CCCNC1CC2CCCC(C1)N2c1ccccc1CC. The molecule has 2 nitrogen and oxygen atoms in total. The Hall–Kier alpha value is -1.02. The van der Waals surface area contributed by atoms with Gasteiger partial charge in [0.25, 0.3) is 0 Å². The molecule has 1 N–H and O–H groups in total. The van der Waals surface area contributed by atoms with Crippen molar-refractivity contribution in [1.29, 1.82) is 0 Å². The van der Waals surface area contributed by atoms with E-state index in [4.69, 9.17) is 0 Å². The minimum Gasteiger partial charge on any atom is -0.365 e. The molecule has 0 amide bonds. The molecule has 2 unspecified atom stereocenters. The first-order chi connectivity index (χ1) is 10.3. The first kappa shape index (κ1) is 14.9. The molecule has 2 saturated heterocycles. The van der Waals surface area contributed by atoms with Crippen LogP contribution in [0.15, 0.2) is 24.3 Å². The summed E-state index contributed by atoms with van der Waals surface area (Å²) in [5.41, 5.74) is 3.04. The molecule has 2 heteroatoms. The zero-order chi connectivity index (χ0) is 14.7. The maximum atomic E-state index is 3.77. The molecule has 2 atom stereocenters. The Kier molecular flexibility index (Phi) is 4.84. The molecule has 3 rings (SSSR count). The van der Waals surface area contributed by atoms with Gasteiger partial charge in [0.15, 0.2) is 0 Å². The summed E-state index contributed by atoms with van der Waals surface area (Å²) in [6.07, 6.45) is 9.21. The molecule has 2 fully saturated rings. The quantitative estimate of drug-likeness (QED) is 0.875. The number of nitrogens with one attached hydrogen (secondary N) is 1. The summed E-state index contributed by atoms with van der Waals surface area (Å²) < 4.78 is 0. The zero-order valence-corrected chi connectivity index (χ0v) is 13.6. The number of nitrogens with zero attached hydrogens (tertiary/aromatic N) is 1. The fraction of sp³-hybridized carbons (Fsp3) is 0.684. The van der Waals surface area contributed by atoms with Crippen molar-refractivity contribution in [2.75, 3.05) is 11.4 Å². The van der Waals surface area contributed by atoms with E-state index in [0.29, 0.717) is 0 Å². The van der Waals surface area contributed by atoms with E-state index >= 15 is 0 Å². The van der Waals surface area contributed by atoms with Crippen molar-refractivity contribution < 1.29 is 0 Å². The Morgan fingerprint density at radius 1 is 1.10 bits per heavy atom. The van der Waals surface area contributed by atoms with Crippen LogP contribution < -0.4 is 10.2 Å². The fourth-order valence-corrected chi connectivity index (χ4v) is 4.35. The van der Waals surface area contributed by atoms with Crippen LogP contribution in [-0.4, -0.2) is 24.7 Å². The Morgan fingerprint density at radius 3 is 2.48 bits per heavy atom. The first-order valence-electron chi connectivity index (χ1n) is 8.93. The number of benzene rings is 1. The highest BCUT2D eigenvalue weighted by molar-refractivity contribution is 5.56. The number of piperidine rings is 2. The summed E-state index contributed by atoms with van der Waals surface area (Å²) in [6, 6.07) is 11.3. The third-order valence-electron chi connectivity index (χ3n) is 5.31. The van der Waals surface area contributed by atoms with Crippen molar-refractivity contribution in [2.45, 2.75) is 76.9 Å².